The van der Waals surface area contributed by atoms with Crippen molar-refractivity contribution < 1.29 is 14.3 Å². The third kappa shape index (κ3) is 4.61. The number of thioether (sulfide) groups is 1. The minimum absolute atomic E-state index is 0.0815. The molecule has 0 bridgehead atoms. The molecule has 0 N–H and O–H groups in total. The molecule has 0 unspecified atom stereocenters. The molecule has 29 heavy (non-hydrogen) atoms. The summed E-state index contributed by atoms with van der Waals surface area (Å²) in [5.41, 5.74) is 2.23. The van der Waals surface area contributed by atoms with Crippen LogP contribution in [-0.2, 0) is 11.4 Å². The van der Waals surface area contributed by atoms with Crippen molar-refractivity contribution in [2.24, 2.45) is 4.99 Å². The van der Waals surface area contributed by atoms with Gasteiger partial charge in [0.1, 0.15) is 6.61 Å². The number of carbonyl (C=O) groups excluding carboxylic acids is 1. The van der Waals surface area contributed by atoms with E-state index >= 15 is 0 Å². The molecular formula is C22H21N3O3S. The molecule has 2 aromatic carbocycles. The zero-order valence-corrected chi connectivity index (χ0v) is 17.3. The molecule has 7 heteroatoms. The van der Waals surface area contributed by atoms with Crippen LogP contribution in [0.15, 0.2) is 52.4 Å². The number of nitrogens with zero attached hydrogens (tertiary/aromatic N) is 3. The molecule has 0 radical (unpaired) electrons. The van der Waals surface area contributed by atoms with E-state index < -0.39 is 0 Å². The predicted octanol–water partition coefficient (Wildman–Crippen LogP) is 4.07. The molecule has 3 rings (SSSR count). The Balaban J connectivity index is 1.83. The molecule has 1 aliphatic heterocycles. The molecule has 0 atom stereocenters. The van der Waals surface area contributed by atoms with Crippen LogP contribution in [-0.4, -0.2) is 36.7 Å². The van der Waals surface area contributed by atoms with Crippen molar-refractivity contribution in [3.63, 3.8) is 0 Å². The van der Waals surface area contributed by atoms with Gasteiger partial charge in [-0.05, 0) is 48.5 Å². The first kappa shape index (κ1) is 20.5. The van der Waals surface area contributed by atoms with Crippen molar-refractivity contribution in [2.75, 3.05) is 20.7 Å². The summed E-state index contributed by atoms with van der Waals surface area (Å²) in [6.45, 7) is 2.64. The third-order valence-electron chi connectivity index (χ3n) is 4.28. The van der Waals surface area contributed by atoms with Crippen molar-refractivity contribution in [1.29, 1.82) is 5.26 Å². The number of amidine groups is 1. The fourth-order valence-electron chi connectivity index (χ4n) is 2.81. The highest BCUT2D eigenvalue weighted by Crippen LogP contribution is 2.34. The van der Waals surface area contributed by atoms with E-state index in [1.807, 2.05) is 49.4 Å². The summed E-state index contributed by atoms with van der Waals surface area (Å²) >= 11 is 1.34. The van der Waals surface area contributed by atoms with E-state index in [4.69, 9.17) is 9.47 Å². The van der Waals surface area contributed by atoms with Gasteiger partial charge >= 0.3 is 0 Å². The first-order chi connectivity index (χ1) is 14.1. The fourth-order valence-corrected chi connectivity index (χ4v) is 3.74. The average molecular weight is 407 g/mol. The number of aliphatic imine (C=N–C) groups is 1. The fraction of sp³-hybridized carbons (Fsp3) is 0.227. The van der Waals surface area contributed by atoms with Crippen LogP contribution in [0.3, 0.4) is 0 Å². The Kier molecular flexibility index (Phi) is 6.57. The number of amides is 1. The van der Waals surface area contributed by atoms with Gasteiger partial charge < -0.3 is 9.47 Å². The summed E-state index contributed by atoms with van der Waals surface area (Å²) < 4.78 is 11.7. The van der Waals surface area contributed by atoms with E-state index in [0.717, 1.165) is 11.1 Å². The molecule has 0 aliphatic carbocycles. The van der Waals surface area contributed by atoms with Crippen molar-refractivity contribution in [3.8, 4) is 17.6 Å². The second-order valence-electron chi connectivity index (χ2n) is 6.18. The second kappa shape index (κ2) is 9.30. The highest BCUT2D eigenvalue weighted by Gasteiger charge is 2.29. The normalized spacial score (nSPS) is 16.3. The molecular weight excluding hydrogens is 386 g/mol. The molecule has 1 saturated heterocycles. The topological polar surface area (TPSA) is 74.9 Å². The van der Waals surface area contributed by atoms with Crippen LogP contribution in [0.25, 0.3) is 6.08 Å². The highest BCUT2D eigenvalue weighted by molar-refractivity contribution is 8.18. The maximum absolute atomic E-state index is 12.3. The number of rotatable bonds is 6. The molecule has 0 saturated carbocycles. The number of benzene rings is 2. The van der Waals surface area contributed by atoms with Gasteiger partial charge in [0.15, 0.2) is 16.7 Å². The maximum atomic E-state index is 12.3. The second-order valence-corrected chi connectivity index (χ2v) is 7.19. The summed E-state index contributed by atoms with van der Waals surface area (Å²) in [6, 6.07) is 15.0. The van der Waals surface area contributed by atoms with Crippen LogP contribution in [0.1, 0.15) is 23.6 Å². The van der Waals surface area contributed by atoms with Gasteiger partial charge in [-0.2, -0.15) is 5.26 Å². The molecule has 2 aromatic rings. The Hall–Kier alpha value is -3.24. The van der Waals surface area contributed by atoms with Crippen LogP contribution in [0, 0.1) is 11.3 Å². The SMILES string of the molecule is CCOc1cc(/C=C2\SC(=NC)N(C)C2=O)ccc1OCc1ccccc1C#N. The lowest BCUT2D eigenvalue weighted by Gasteiger charge is -2.13. The molecule has 1 aliphatic rings. The van der Waals surface area contributed by atoms with Crippen molar-refractivity contribution in [1.82, 2.24) is 4.90 Å². The number of carbonyl (C=O) groups is 1. The number of nitriles is 1. The smallest absolute Gasteiger partial charge is 0.266 e. The lowest BCUT2D eigenvalue weighted by Crippen LogP contribution is -2.23. The van der Waals surface area contributed by atoms with E-state index in [-0.39, 0.29) is 12.5 Å². The van der Waals surface area contributed by atoms with E-state index in [1.54, 1.807) is 20.2 Å². The molecule has 0 spiro atoms. The minimum Gasteiger partial charge on any atom is -0.490 e. The van der Waals surface area contributed by atoms with Crippen LogP contribution < -0.4 is 9.47 Å². The van der Waals surface area contributed by atoms with E-state index in [1.165, 1.54) is 16.7 Å². The molecule has 1 fully saturated rings. The molecule has 0 aromatic heterocycles. The lowest BCUT2D eigenvalue weighted by atomic mass is 10.1. The Bertz CT molecular complexity index is 1020. The van der Waals surface area contributed by atoms with Gasteiger partial charge in [-0.25, -0.2) is 0 Å². The van der Waals surface area contributed by atoms with Crippen molar-refractivity contribution >= 4 is 28.9 Å². The summed E-state index contributed by atoms with van der Waals surface area (Å²) in [5.74, 6) is 1.09. The Labute approximate surface area is 174 Å². The van der Waals surface area contributed by atoms with Crippen LogP contribution in [0.5, 0.6) is 11.5 Å². The molecule has 1 amide bonds. The Morgan fingerprint density at radius 3 is 2.69 bits per heavy atom. The van der Waals surface area contributed by atoms with Crippen LogP contribution in [0.4, 0.5) is 0 Å². The van der Waals surface area contributed by atoms with Crippen LogP contribution >= 0.6 is 11.8 Å². The summed E-state index contributed by atoms with van der Waals surface area (Å²) in [6.07, 6.45) is 1.82. The average Bonchev–Trinajstić information content (AvgIpc) is 3.01. The summed E-state index contributed by atoms with van der Waals surface area (Å²) in [7, 11) is 3.37. The largest absolute Gasteiger partial charge is 0.490 e. The summed E-state index contributed by atoms with van der Waals surface area (Å²) in [4.78, 5) is 18.6. The lowest BCUT2D eigenvalue weighted by molar-refractivity contribution is -0.121. The van der Waals surface area contributed by atoms with E-state index in [9.17, 15) is 10.1 Å². The highest BCUT2D eigenvalue weighted by atomic mass is 32.2. The zero-order chi connectivity index (χ0) is 20.8. The molecule has 148 valence electrons. The van der Waals surface area contributed by atoms with Crippen molar-refractivity contribution in [3.05, 3.63) is 64.1 Å². The Morgan fingerprint density at radius 2 is 2.00 bits per heavy atom. The van der Waals surface area contributed by atoms with Gasteiger partial charge in [0.25, 0.3) is 5.91 Å². The van der Waals surface area contributed by atoms with Gasteiger partial charge in [0, 0.05) is 19.7 Å². The van der Waals surface area contributed by atoms with E-state index in [2.05, 4.69) is 11.1 Å². The summed E-state index contributed by atoms with van der Waals surface area (Å²) in [5, 5.41) is 9.89. The predicted molar refractivity (Wildman–Crippen MR) is 115 cm³/mol. The minimum atomic E-state index is -0.0815. The van der Waals surface area contributed by atoms with Gasteiger partial charge in [0.05, 0.1) is 23.1 Å². The quantitative estimate of drug-likeness (QED) is 0.675. The first-order valence-electron chi connectivity index (χ1n) is 9.09. The molecule has 6 nitrogen and oxygen atoms in total. The first-order valence-corrected chi connectivity index (χ1v) is 9.91. The monoisotopic (exact) mass is 407 g/mol. The van der Waals surface area contributed by atoms with Gasteiger partial charge in [-0.1, -0.05) is 24.3 Å². The number of likely N-dealkylation sites (N-methyl/N-ethyl adjacent to an activating group) is 1. The Morgan fingerprint density at radius 1 is 1.21 bits per heavy atom. The zero-order valence-electron chi connectivity index (χ0n) is 16.5. The van der Waals surface area contributed by atoms with Gasteiger partial charge in [0.2, 0.25) is 0 Å². The van der Waals surface area contributed by atoms with Crippen LogP contribution in [0.2, 0.25) is 0 Å². The molecule has 1 heterocycles. The van der Waals surface area contributed by atoms with Gasteiger partial charge in [-0.3, -0.25) is 14.7 Å². The van der Waals surface area contributed by atoms with Gasteiger partial charge in [-0.15, -0.1) is 0 Å². The van der Waals surface area contributed by atoms with E-state index in [0.29, 0.717) is 33.7 Å². The third-order valence-corrected chi connectivity index (χ3v) is 5.43. The number of hydrogen-bond donors (Lipinski definition) is 0. The number of ether oxygens (including phenoxy) is 2. The maximum Gasteiger partial charge on any atom is 0.266 e. The van der Waals surface area contributed by atoms with Crippen molar-refractivity contribution in [2.45, 2.75) is 13.5 Å². The standard InChI is InChI=1S/C22H21N3O3S/c1-4-27-19-11-15(12-20-21(26)25(3)22(24-2)29-20)9-10-18(19)28-14-17-8-6-5-7-16(17)13-23/h5-12H,4,14H2,1-3H3/b20-12-,24-22?. The number of hydrogen-bond acceptors (Lipinski definition) is 6.